The van der Waals surface area contributed by atoms with Gasteiger partial charge in [0.25, 0.3) is 0 Å². The number of amides is 2. The van der Waals surface area contributed by atoms with E-state index >= 15 is 0 Å². The normalized spacial score (nSPS) is 12.9. The molecule has 28 heavy (non-hydrogen) atoms. The molecule has 0 fully saturated rings. The molecule has 0 aromatic heterocycles. The summed E-state index contributed by atoms with van der Waals surface area (Å²) in [4.78, 5) is 27.4. The van der Waals surface area contributed by atoms with Gasteiger partial charge in [-0.25, -0.2) is 0 Å². The molecule has 0 unspecified atom stereocenters. The van der Waals surface area contributed by atoms with E-state index in [2.05, 4.69) is 21.2 Å². The number of nitrogens with one attached hydrogen (secondary N) is 1. The van der Waals surface area contributed by atoms with Crippen molar-refractivity contribution in [2.24, 2.45) is 0 Å². The summed E-state index contributed by atoms with van der Waals surface area (Å²) in [5, 5.41) is 3.52. The third-order valence-corrected chi connectivity index (χ3v) is 5.63. The number of benzene rings is 2. The Balaban J connectivity index is 2.23. The summed E-state index contributed by atoms with van der Waals surface area (Å²) in [6, 6.07) is 14.5. The van der Waals surface area contributed by atoms with E-state index in [1.54, 1.807) is 17.9 Å². The first-order valence-corrected chi connectivity index (χ1v) is 10.6. The Labute approximate surface area is 180 Å². The highest BCUT2D eigenvalue weighted by atomic mass is 79.9. The Morgan fingerprint density at radius 2 is 1.75 bits per heavy atom. The highest BCUT2D eigenvalue weighted by Gasteiger charge is 2.27. The number of nitrogens with zero attached hydrogens (tertiary/aromatic N) is 1. The molecular formula is C22H26BrClN2O2. The number of halogens is 2. The van der Waals surface area contributed by atoms with Crippen molar-refractivity contribution in [1.82, 2.24) is 10.2 Å². The average molecular weight is 466 g/mol. The number of rotatable bonds is 8. The van der Waals surface area contributed by atoms with Crippen LogP contribution in [0.25, 0.3) is 0 Å². The molecule has 2 aromatic carbocycles. The van der Waals surface area contributed by atoms with Crippen molar-refractivity contribution in [3.8, 4) is 0 Å². The first-order chi connectivity index (χ1) is 13.3. The maximum atomic E-state index is 13.1. The van der Waals surface area contributed by atoms with Gasteiger partial charge in [0.2, 0.25) is 11.8 Å². The molecular weight excluding hydrogens is 440 g/mol. The third kappa shape index (κ3) is 6.35. The van der Waals surface area contributed by atoms with E-state index in [1.807, 2.05) is 56.3 Å². The highest BCUT2D eigenvalue weighted by molar-refractivity contribution is 9.10. The number of hydrogen-bond acceptors (Lipinski definition) is 2. The number of carbonyl (C=O) groups excluding carboxylic acids is 2. The van der Waals surface area contributed by atoms with Crippen LogP contribution in [0.5, 0.6) is 0 Å². The van der Waals surface area contributed by atoms with Crippen molar-refractivity contribution < 1.29 is 9.59 Å². The monoisotopic (exact) mass is 464 g/mol. The number of carbonyl (C=O) groups is 2. The Morgan fingerprint density at radius 3 is 2.36 bits per heavy atom. The van der Waals surface area contributed by atoms with Crippen LogP contribution < -0.4 is 5.32 Å². The Morgan fingerprint density at radius 1 is 1.11 bits per heavy atom. The van der Waals surface area contributed by atoms with E-state index in [0.717, 1.165) is 22.0 Å². The van der Waals surface area contributed by atoms with Gasteiger partial charge in [0.15, 0.2) is 0 Å². The molecule has 4 nitrogen and oxygen atoms in total. The van der Waals surface area contributed by atoms with Crippen LogP contribution in [0, 0.1) is 0 Å². The maximum Gasteiger partial charge on any atom is 0.242 e. The first-order valence-electron chi connectivity index (χ1n) is 9.39. The molecule has 1 N–H and O–H groups in total. The molecule has 0 aliphatic heterocycles. The highest BCUT2D eigenvalue weighted by Crippen LogP contribution is 2.19. The molecule has 0 aliphatic carbocycles. The van der Waals surface area contributed by atoms with Gasteiger partial charge >= 0.3 is 0 Å². The van der Waals surface area contributed by atoms with Gasteiger partial charge < -0.3 is 10.2 Å². The lowest BCUT2D eigenvalue weighted by atomic mass is 10.1. The third-order valence-electron chi connectivity index (χ3n) is 4.73. The van der Waals surface area contributed by atoms with Gasteiger partial charge in [0.05, 0.1) is 6.42 Å². The van der Waals surface area contributed by atoms with E-state index in [4.69, 9.17) is 11.6 Å². The minimum Gasteiger partial charge on any atom is -0.352 e. The molecule has 0 saturated carbocycles. The number of hydrogen-bond donors (Lipinski definition) is 1. The minimum atomic E-state index is -0.590. The lowest BCUT2D eigenvalue weighted by molar-refractivity contribution is -0.140. The van der Waals surface area contributed by atoms with Crippen LogP contribution in [0.3, 0.4) is 0 Å². The summed E-state index contributed by atoms with van der Waals surface area (Å²) >= 11 is 9.65. The first kappa shape index (κ1) is 22.4. The van der Waals surface area contributed by atoms with E-state index in [-0.39, 0.29) is 24.3 Å². The van der Waals surface area contributed by atoms with Crippen LogP contribution in [0.15, 0.2) is 53.0 Å². The zero-order valence-corrected chi connectivity index (χ0v) is 18.8. The fourth-order valence-electron chi connectivity index (χ4n) is 2.74. The van der Waals surface area contributed by atoms with Gasteiger partial charge in [-0.1, -0.05) is 64.8 Å². The van der Waals surface area contributed by atoms with Gasteiger partial charge in [-0.3, -0.25) is 9.59 Å². The van der Waals surface area contributed by atoms with Crippen molar-refractivity contribution >= 4 is 39.3 Å². The minimum absolute atomic E-state index is 0.0585. The SMILES string of the molecule is CC[C@H](C)NC(=O)[C@H](C)N(Cc1ccc(Br)cc1)C(=O)Cc1ccccc1Cl. The standard InChI is InChI=1S/C22H26BrClN2O2/c1-4-15(2)25-22(28)16(3)26(14-17-9-11-19(23)12-10-17)21(27)13-18-7-5-6-8-20(18)24/h5-12,15-16H,4,13-14H2,1-3H3,(H,25,28)/t15-,16-/m0/s1. The maximum absolute atomic E-state index is 13.1. The van der Waals surface area contributed by atoms with Gasteiger partial charge in [0, 0.05) is 22.1 Å². The molecule has 0 aliphatic rings. The molecule has 0 spiro atoms. The lowest BCUT2D eigenvalue weighted by Crippen LogP contribution is -2.49. The smallest absolute Gasteiger partial charge is 0.242 e. The summed E-state index contributed by atoms with van der Waals surface area (Å²) in [6.45, 7) is 6.08. The van der Waals surface area contributed by atoms with Crippen molar-refractivity contribution in [2.75, 3.05) is 0 Å². The van der Waals surface area contributed by atoms with Gasteiger partial charge in [-0.05, 0) is 49.6 Å². The van der Waals surface area contributed by atoms with E-state index in [0.29, 0.717) is 11.6 Å². The van der Waals surface area contributed by atoms with E-state index < -0.39 is 6.04 Å². The Hall–Kier alpha value is -1.85. The van der Waals surface area contributed by atoms with Crippen molar-refractivity contribution in [3.05, 3.63) is 69.2 Å². The second-order valence-corrected chi connectivity index (χ2v) is 8.23. The zero-order chi connectivity index (χ0) is 20.7. The Bertz CT molecular complexity index is 810. The van der Waals surface area contributed by atoms with Crippen LogP contribution in [-0.4, -0.2) is 28.8 Å². The molecule has 6 heteroatoms. The van der Waals surface area contributed by atoms with Crippen molar-refractivity contribution in [2.45, 2.75) is 52.2 Å². The fraction of sp³-hybridized carbons (Fsp3) is 0.364. The summed E-state index contributed by atoms with van der Waals surface area (Å²) in [7, 11) is 0. The molecule has 2 aromatic rings. The Kier molecular flexibility index (Phi) is 8.52. The second-order valence-electron chi connectivity index (χ2n) is 6.91. The van der Waals surface area contributed by atoms with Crippen LogP contribution >= 0.6 is 27.5 Å². The summed E-state index contributed by atoms with van der Waals surface area (Å²) in [6.07, 6.45) is 0.982. The molecule has 0 bridgehead atoms. The molecule has 150 valence electrons. The molecule has 2 amide bonds. The van der Waals surface area contributed by atoms with Crippen molar-refractivity contribution in [3.63, 3.8) is 0 Å². The largest absolute Gasteiger partial charge is 0.352 e. The van der Waals surface area contributed by atoms with Crippen LogP contribution in [0.1, 0.15) is 38.3 Å². The van der Waals surface area contributed by atoms with E-state index in [1.165, 1.54) is 0 Å². The quantitative estimate of drug-likeness (QED) is 0.598. The lowest BCUT2D eigenvalue weighted by Gasteiger charge is -2.30. The van der Waals surface area contributed by atoms with Crippen LogP contribution in [0.4, 0.5) is 0 Å². The van der Waals surface area contributed by atoms with Gasteiger partial charge in [0.1, 0.15) is 6.04 Å². The summed E-state index contributed by atoms with van der Waals surface area (Å²) in [5.74, 6) is -0.290. The van der Waals surface area contributed by atoms with Crippen molar-refractivity contribution in [1.29, 1.82) is 0 Å². The predicted molar refractivity (Wildman–Crippen MR) is 117 cm³/mol. The molecule has 2 atom stereocenters. The predicted octanol–water partition coefficient (Wildman–Crippen LogP) is 4.98. The second kappa shape index (κ2) is 10.6. The molecule has 0 radical (unpaired) electrons. The van der Waals surface area contributed by atoms with Crippen LogP contribution in [-0.2, 0) is 22.6 Å². The summed E-state index contributed by atoms with van der Waals surface area (Å²) in [5.41, 5.74) is 1.71. The van der Waals surface area contributed by atoms with E-state index in [9.17, 15) is 9.59 Å². The average Bonchev–Trinajstić information content (AvgIpc) is 2.68. The zero-order valence-electron chi connectivity index (χ0n) is 16.4. The summed E-state index contributed by atoms with van der Waals surface area (Å²) < 4.78 is 0.966. The molecule has 0 heterocycles. The van der Waals surface area contributed by atoms with Gasteiger partial charge in [-0.15, -0.1) is 0 Å². The van der Waals surface area contributed by atoms with Gasteiger partial charge in [-0.2, -0.15) is 0 Å². The molecule has 0 saturated heterocycles. The fourth-order valence-corrected chi connectivity index (χ4v) is 3.21. The molecule has 2 rings (SSSR count). The topological polar surface area (TPSA) is 49.4 Å². The van der Waals surface area contributed by atoms with Crippen LogP contribution in [0.2, 0.25) is 5.02 Å².